The number of nitrogens with zero attached hydrogens (tertiary/aromatic N) is 4. The van der Waals surface area contributed by atoms with Crippen molar-refractivity contribution < 1.29 is 19.4 Å². The summed E-state index contributed by atoms with van der Waals surface area (Å²) in [6, 6.07) is 18.9. The average molecular weight is 501 g/mol. The molecule has 2 aromatic carbocycles. The molecule has 1 atom stereocenters. The Balaban J connectivity index is 1.61. The Bertz CT molecular complexity index is 1410. The minimum atomic E-state index is -1.02. The van der Waals surface area contributed by atoms with E-state index in [-0.39, 0.29) is 18.7 Å². The van der Waals surface area contributed by atoms with Gasteiger partial charge in [-0.15, -0.1) is 0 Å². The van der Waals surface area contributed by atoms with E-state index in [1.165, 1.54) is 5.01 Å². The summed E-state index contributed by atoms with van der Waals surface area (Å²) in [5.41, 5.74) is 5.01. The molecule has 9 heteroatoms. The molecule has 1 amide bonds. The van der Waals surface area contributed by atoms with E-state index in [4.69, 9.17) is 14.9 Å². The maximum Gasteiger partial charge on any atom is 0.303 e. The van der Waals surface area contributed by atoms with Gasteiger partial charge in [0.2, 0.25) is 5.91 Å². The molecule has 4 aromatic rings. The molecule has 3 heterocycles. The number of carbonyl (C=O) groups excluding carboxylic acids is 1. The van der Waals surface area contributed by atoms with Crippen molar-refractivity contribution in [2.24, 2.45) is 5.10 Å². The number of aliphatic carboxylic acids is 1. The van der Waals surface area contributed by atoms with Gasteiger partial charge in [-0.1, -0.05) is 30.3 Å². The van der Waals surface area contributed by atoms with Crippen LogP contribution in [-0.2, 0) is 9.59 Å². The summed E-state index contributed by atoms with van der Waals surface area (Å²) in [6.07, 6.45) is 2.04. The quantitative estimate of drug-likeness (QED) is 0.361. The first kappa shape index (κ1) is 23.5. The third-order valence-corrected chi connectivity index (χ3v) is 6.72. The van der Waals surface area contributed by atoms with Crippen molar-refractivity contribution in [3.05, 3.63) is 88.7 Å². The van der Waals surface area contributed by atoms with Crippen LogP contribution in [0, 0.1) is 0 Å². The Kier molecular flexibility index (Phi) is 6.64. The minimum Gasteiger partial charge on any atom is -0.497 e. The van der Waals surface area contributed by atoms with Crippen LogP contribution in [0.15, 0.2) is 82.7 Å². The van der Waals surface area contributed by atoms with Gasteiger partial charge in [0.1, 0.15) is 5.75 Å². The van der Waals surface area contributed by atoms with Gasteiger partial charge in [-0.2, -0.15) is 21.5 Å². The first-order valence-corrected chi connectivity index (χ1v) is 12.4. The maximum absolute atomic E-state index is 13.2. The number of rotatable bonds is 8. The Morgan fingerprint density at radius 3 is 2.64 bits per heavy atom. The molecule has 5 rings (SSSR count). The number of benzene rings is 2. The van der Waals surface area contributed by atoms with Crippen molar-refractivity contribution in [1.29, 1.82) is 0 Å². The third-order valence-electron chi connectivity index (χ3n) is 6.04. The topological polar surface area (TPSA) is 97.0 Å². The van der Waals surface area contributed by atoms with E-state index >= 15 is 0 Å². The largest absolute Gasteiger partial charge is 0.497 e. The number of hydrogen-bond donors (Lipinski definition) is 1. The van der Waals surface area contributed by atoms with Crippen molar-refractivity contribution in [1.82, 2.24) is 14.8 Å². The molecule has 0 unspecified atom stereocenters. The first-order valence-electron chi connectivity index (χ1n) is 11.5. The summed E-state index contributed by atoms with van der Waals surface area (Å²) in [4.78, 5) is 24.3. The van der Waals surface area contributed by atoms with Crippen LogP contribution in [0.25, 0.3) is 16.9 Å². The second-order valence-corrected chi connectivity index (χ2v) is 9.14. The highest BCUT2D eigenvalue weighted by Gasteiger charge is 2.36. The monoisotopic (exact) mass is 500 g/mol. The first-order chi connectivity index (χ1) is 17.5. The number of methoxy groups -OCH3 is 1. The Labute approximate surface area is 212 Å². The van der Waals surface area contributed by atoms with Gasteiger partial charge in [-0.3, -0.25) is 9.59 Å². The molecule has 0 radical (unpaired) electrons. The lowest BCUT2D eigenvalue weighted by molar-refractivity contribution is -0.141. The van der Waals surface area contributed by atoms with Crippen LogP contribution in [-0.4, -0.2) is 44.6 Å². The van der Waals surface area contributed by atoms with Gasteiger partial charge in [-0.25, -0.2) is 9.69 Å². The highest BCUT2D eigenvalue weighted by Crippen LogP contribution is 2.39. The summed E-state index contributed by atoms with van der Waals surface area (Å²) in [7, 11) is 1.61. The summed E-state index contributed by atoms with van der Waals surface area (Å²) in [5, 5.41) is 24.1. The average Bonchev–Trinajstić information content (AvgIpc) is 3.67. The van der Waals surface area contributed by atoms with Crippen molar-refractivity contribution in [2.75, 3.05) is 7.11 Å². The number of carbonyl (C=O) groups is 2. The number of hydrazone groups is 1. The fourth-order valence-electron chi connectivity index (χ4n) is 4.25. The zero-order valence-electron chi connectivity index (χ0n) is 19.6. The second-order valence-electron chi connectivity index (χ2n) is 8.36. The van der Waals surface area contributed by atoms with Crippen LogP contribution >= 0.6 is 11.3 Å². The summed E-state index contributed by atoms with van der Waals surface area (Å²) >= 11 is 1.56. The van der Waals surface area contributed by atoms with E-state index in [0.29, 0.717) is 17.9 Å². The molecule has 1 aliphatic heterocycles. The molecule has 182 valence electrons. The van der Waals surface area contributed by atoms with Crippen LogP contribution in [0.3, 0.4) is 0 Å². The fourth-order valence-corrected chi connectivity index (χ4v) is 4.92. The number of aromatic nitrogens is 2. The normalized spacial score (nSPS) is 15.1. The molecule has 0 bridgehead atoms. The van der Waals surface area contributed by atoms with Crippen LogP contribution < -0.4 is 4.74 Å². The van der Waals surface area contributed by atoms with Gasteiger partial charge in [0.25, 0.3) is 0 Å². The predicted molar refractivity (Wildman–Crippen MR) is 137 cm³/mol. The Morgan fingerprint density at radius 1 is 1.08 bits per heavy atom. The molecule has 1 N–H and O–H groups in total. The molecule has 8 nitrogen and oxygen atoms in total. The fraction of sp³-hybridized carbons (Fsp3) is 0.185. The lowest BCUT2D eigenvalue weighted by Crippen LogP contribution is -2.27. The Morgan fingerprint density at radius 2 is 1.92 bits per heavy atom. The number of ether oxygens (including phenoxy) is 1. The molecular formula is C27H24N4O4S. The standard InChI is InChI=1S/C27H24N4O4S/c1-35-21-9-5-6-18(14-21)27-22(16-30(29-27)20-7-3-2-4-8-20)24-15-23(19-12-13-36-17-19)28-31(24)25(32)10-11-26(33)34/h2-9,12-14,16-17,24H,10-11,15H2,1H3,(H,33,34)/t24-/m1/s1. The molecule has 36 heavy (non-hydrogen) atoms. The van der Waals surface area contributed by atoms with Crippen LogP contribution in [0.4, 0.5) is 0 Å². The van der Waals surface area contributed by atoms with Crippen molar-refractivity contribution in [2.45, 2.75) is 25.3 Å². The number of para-hydroxylation sites is 1. The van der Waals surface area contributed by atoms with E-state index in [2.05, 4.69) is 5.10 Å². The molecule has 0 aliphatic carbocycles. The van der Waals surface area contributed by atoms with Gasteiger partial charge in [-0.05, 0) is 41.1 Å². The van der Waals surface area contributed by atoms with Crippen LogP contribution in [0.1, 0.15) is 36.4 Å². The predicted octanol–water partition coefficient (Wildman–Crippen LogP) is 5.15. The minimum absolute atomic E-state index is 0.131. The van der Waals surface area contributed by atoms with Crippen LogP contribution in [0.2, 0.25) is 0 Å². The molecule has 0 spiro atoms. The van der Waals surface area contributed by atoms with Crippen LogP contribution in [0.5, 0.6) is 5.75 Å². The lowest BCUT2D eigenvalue weighted by Gasteiger charge is -2.21. The molecule has 1 aliphatic rings. The zero-order valence-corrected chi connectivity index (χ0v) is 20.4. The van der Waals surface area contributed by atoms with E-state index in [0.717, 1.165) is 28.1 Å². The van der Waals surface area contributed by atoms with E-state index < -0.39 is 12.0 Å². The summed E-state index contributed by atoms with van der Waals surface area (Å²) in [6.45, 7) is 0. The number of hydrogen-bond acceptors (Lipinski definition) is 6. The molecule has 0 fully saturated rings. The lowest BCUT2D eigenvalue weighted by atomic mass is 9.97. The molecule has 0 saturated carbocycles. The Hall–Kier alpha value is -4.24. The molecule has 2 aromatic heterocycles. The van der Waals surface area contributed by atoms with Crippen molar-refractivity contribution in [3.63, 3.8) is 0 Å². The molecular weight excluding hydrogens is 476 g/mol. The van der Waals surface area contributed by atoms with E-state index in [1.807, 2.05) is 77.6 Å². The van der Waals surface area contributed by atoms with Gasteiger partial charge in [0.15, 0.2) is 0 Å². The van der Waals surface area contributed by atoms with Crippen molar-refractivity contribution in [3.8, 4) is 22.7 Å². The highest BCUT2D eigenvalue weighted by molar-refractivity contribution is 7.08. The zero-order chi connectivity index (χ0) is 25.1. The number of carboxylic acids is 1. The van der Waals surface area contributed by atoms with E-state index in [1.54, 1.807) is 23.1 Å². The van der Waals surface area contributed by atoms with E-state index in [9.17, 15) is 9.59 Å². The number of carboxylic acid groups (broad SMARTS) is 1. The van der Waals surface area contributed by atoms with Gasteiger partial charge < -0.3 is 9.84 Å². The van der Waals surface area contributed by atoms with Gasteiger partial charge in [0.05, 0.1) is 36.7 Å². The smallest absolute Gasteiger partial charge is 0.303 e. The molecule has 0 saturated heterocycles. The second kappa shape index (κ2) is 10.2. The van der Waals surface area contributed by atoms with Gasteiger partial charge in [0, 0.05) is 35.7 Å². The summed E-state index contributed by atoms with van der Waals surface area (Å²) < 4.78 is 7.23. The SMILES string of the molecule is COc1cccc(-c2nn(-c3ccccc3)cc2[C@H]2CC(c3ccsc3)=NN2C(=O)CCC(=O)O)c1. The highest BCUT2D eigenvalue weighted by atomic mass is 32.1. The number of thiophene rings is 1. The maximum atomic E-state index is 13.2. The summed E-state index contributed by atoms with van der Waals surface area (Å²) in [5.74, 6) is -0.657. The van der Waals surface area contributed by atoms with Gasteiger partial charge >= 0.3 is 5.97 Å². The third kappa shape index (κ3) is 4.78. The van der Waals surface area contributed by atoms with Crippen molar-refractivity contribution >= 4 is 28.9 Å². The number of amides is 1.